The first kappa shape index (κ1) is 19.0. The predicted molar refractivity (Wildman–Crippen MR) is 106 cm³/mol. The fourth-order valence-corrected chi connectivity index (χ4v) is 6.16. The van der Waals surface area contributed by atoms with Gasteiger partial charge in [0.2, 0.25) is 0 Å². The van der Waals surface area contributed by atoms with Crippen molar-refractivity contribution in [3.63, 3.8) is 0 Å². The number of benzene rings is 2. The van der Waals surface area contributed by atoms with E-state index in [4.69, 9.17) is 0 Å². The van der Waals surface area contributed by atoms with Gasteiger partial charge >= 0.3 is 0 Å². The van der Waals surface area contributed by atoms with Crippen molar-refractivity contribution in [2.45, 2.75) is 23.0 Å². The standard InChI is InChI=1S/C20H18F2N2O2S2/c21-16-7-4-8-17(22)19(16)28(25,26)15-9-11-24(12-10-15)20-23-18(13-27-20)14-5-2-1-3-6-14/h1-8,13,15H,9-12H2. The highest BCUT2D eigenvalue weighted by Gasteiger charge is 2.35. The summed E-state index contributed by atoms with van der Waals surface area (Å²) in [5, 5.41) is 2.00. The zero-order valence-electron chi connectivity index (χ0n) is 14.9. The van der Waals surface area contributed by atoms with Gasteiger partial charge in [-0.2, -0.15) is 0 Å². The summed E-state index contributed by atoms with van der Waals surface area (Å²) >= 11 is 1.51. The van der Waals surface area contributed by atoms with Gasteiger partial charge in [0.05, 0.1) is 10.9 Å². The number of sulfone groups is 1. The zero-order chi connectivity index (χ0) is 19.7. The van der Waals surface area contributed by atoms with Crippen LogP contribution in [0, 0.1) is 11.6 Å². The van der Waals surface area contributed by atoms with Crippen LogP contribution in [0.3, 0.4) is 0 Å². The van der Waals surface area contributed by atoms with Crippen LogP contribution in [0.15, 0.2) is 58.8 Å². The number of anilines is 1. The van der Waals surface area contributed by atoms with Crippen molar-refractivity contribution in [2.75, 3.05) is 18.0 Å². The van der Waals surface area contributed by atoms with Gasteiger partial charge < -0.3 is 4.90 Å². The number of piperidine rings is 1. The smallest absolute Gasteiger partial charge is 0.187 e. The van der Waals surface area contributed by atoms with Crippen LogP contribution < -0.4 is 4.90 Å². The van der Waals surface area contributed by atoms with E-state index >= 15 is 0 Å². The Morgan fingerprint density at radius 3 is 2.25 bits per heavy atom. The van der Waals surface area contributed by atoms with Gasteiger partial charge in [0.15, 0.2) is 15.0 Å². The summed E-state index contributed by atoms with van der Waals surface area (Å²) in [4.78, 5) is 5.87. The molecule has 0 N–H and O–H groups in total. The SMILES string of the molecule is O=S(=O)(c1c(F)cccc1F)C1CCN(c2nc(-c3ccccc3)cs2)CC1. The Morgan fingerprint density at radius 1 is 0.964 bits per heavy atom. The van der Waals surface area contributed by atoms with Gasteiger partial charge in [-0.3, -0.25) is 0 Å². The second-order valence-electron chi connectivity index (χ2n) is 6.66. The average Bonchev–Trinajstić information content (AvgIpc) is 3.19. The van der Waals surface area contributed by atoms with E-state index < -0.39 is 31.6 Å². The number of hydrogen-bond donors (Lipinski definition) is 0. The third-order valence-corrected chi connectivity index (χ3v) is 8.13. The summed E-state index contributed by atoms with van der Waals surface area (Å²) < 4.78 is 53.4. The van der Waals surface area contributed by atoms with Gasteiger partial charge in [0, 0.05) is 24.0 Å². The summed E-state index contributed by atoms with van der Waals surface area (Å²) in [6.45, 7) is 0.948. The van der Waals surface area contributed by atoms with Crippen molar-refractivity contribution in [2.24, 2.45) is 0 Å². The van der Waals surface area contributed by atoms with E-state index in [1.807, 2.05) is 40.6 Å². The summed E-state index contributed by atoms with van der Waals surface area (Å²) in [6, 6.07) is 12.9. The number of thiazole rings is 1. The molecule has 0 radical (unpaired) electrons. The van der Waals surface area contributed by atoms with Crippen molar-refractivity contribution < 1.29 is 17.2 Å². The molecule has 4 rings (SSSR count). The Kier molecular flexibility index (Phi) is 5.16. The van der Waals surface area contributed by atoms with E-state index in [0.717, 1.165) is 28.5 Å². The monoisotopic (exact) mass is 420 g/mol. The molecule has 0 unspecified atom stereocenters. The Balaban J connectivity index is 1.49. The molecule has 1 saturated heterocycles. The van der Waals surface area contributed by atoms with Crippen LogP contribution in [0.1, 0.15) is 12.8 Å². The Hall–Kier alpha value is -2.32. The number of halogens is 2. The van der Waals surface area contributed by atoms with E-state index in [2.05, 4.69) is 4.98 Å². The van der Waals surface area contributed by atoms with Crippen LogP contribution in [0.4, 0.5) is 13.9 Å². The topological polar surface area (TPSA) is 50.3 Å². The average molecular weight is 421 g/mol. The minimum Gasteiger partial charge on any atom is -0.348 e. The number of rotatable bonds is 4. The molecule has 0 bridgehead atoms. The Morgan fingerprint density at radius 2 is 1.61 bits per heavy atom. The van der Waals surface area contributed by atoms with Gasteiger partial charge in [-0.1, -0.05) is 36.4 Å². The Labute approximate surface area is 166 Å². The molecule has 3 aromatic rings. The first-order chi connectivity index (χ1) is 13.5. The lowest BCUT2D eigenvalue weighted by Gasteiger charge is -2.31. The van der Waals surface area contributed by atoms with E-state index in [1.165, 1.54) is 17.4 Å². The van der Waals surface area contributed by atoms with Gasteiger partial charge in [-0.15, -0.1) is 11.3 Å². The molecule has 2 aromatic carbocycles. The first-order valence-electron chi connectivity index (χ1n) is 8.90. The van der Waals surface area contributed by atoms with Gasteiger partial charge in [-0.25, -0.2) is 22.2 Å². The lowest BCUT2D eigenvalue weighted by atomic mass is 10.1. The van der Waals surface area contributed by atoms with Gasteiger partial charge in [0.1, 0.15) is 16.5 Å². The van der Waals surface area contributed by atoms with Crippen LogP contribution in [-0.2, 0) is 9.84 Å². The van der Waals surface area contributed by atoms with E-state index in [9.17, 15) is 17.2 Å². The molecule has 2 heterocycles. The highest BCUT2D eigenvalue weighted by atomic mass is 32.2. The maximum absolute atomic E-state index is 14.0. The molecule has 28 heavy (non-hydrogen) atoms. The van der Waals surface area contributed by atoms with Gasteiger partial charge in [0.25, 0.3) is 0 Å². The molecule has 146 valence electrons. The van der Waals surface area contributed by atoms with Crippen molar-refractivity contribution in [1.82, 2.24) is 4.98 Å². The van der Waals surface area contributed by atoms with Crippen molar-refractivity contribution >= 4 is 26.3 Å². The highest BCUT2D eigenvalue weighted by Crippen LogP contribution is 2.32. The number of nitrogens with zero attached hydrogens (tertiary/aromatic N) is 2. The molecular weight excluding hydrogens is 402 g/mol. The maximum Gasteiger partial charge on any atom is 0.187 e. The van der Waals surface area contributed by atoms with Crippen molar-refractivity contribution in [1.29, 1.82) is 0 Å². The second kappa shape index (κ2) is 7.60. The highest BCUT2D eigenvalue weighted by molar-refractivity contribution is 7.92. The Bertz CT molecular complexity index is 1060. The molecule has 1 aliphatic heterocycles. The number of aromatic nitrogens is 1. The molecule has 1 fully saturated rings. The minimum atomic E-state index is -4.06. The summed E-state index contributed by atoms with van der Waals surface area (Å²) in [7, 11) is -4.06. The molecule has 0 atom stereocenters. The molecule has 0 aliphatic carbocycles. The van der Waals surface area contributed by atoms with Crippen LogP contribution in [0.5, 0.6) is 0 Å². The van der Waals surface area contributed by atoms with Crippen molar-refractivity contribution in [3.05, 3.63) is 65.5 Å². The quantitative estimate of drug-likeness (QED) is 0.622. The van der Waals surface area contributed by atoms with Crippen LogP contribution in [0.25, 0.3) is 11.3 Å². The molecule has 4 nitrogen and oxygen atoms in total. The molecule has 8 heteroatoms. The summed E-state index contributed by atoms with van der Waals surface area (Å²) in [5.41, 5.74) is 1.90. The second-order valence-corrected chi connectivity index (χ2v) is 9.67. The normalized spacial score (nSPS) is 15.7. The van der Waals surface area contributed by atoms with Crippen LogP contribution in [0.2, 0.25) is 0 Å². The minimum absolute atomic E-state index is 0.302. The summed E-state index contributed by atoms with van der Waals surface area (Å²) in [5.74, 6) is -2.07. The fraction of sp³-hybridized carbons (Fsp3) is 0.250. The largest absolute Gasteiger partial charge is 0.348 e. The maximum atomic E-state index is 14.0. The summed E-state index contributed by atoms with van der Waals surface area (Å²) in [6.07, 6.45) is 0.604. The number of hydrogen-bond acceptors (Lipinski definition) is 5. The lowest BCUT2D eigenvalue weighted by Crippen LogP contribution is -2.39. The molecule has 1 aliphatic rings. The van der Waals surface area contributed by atoms with Crippen LogP contribution in [-0.4, -0.2) is 31.7 Å². The molecule has 0 saturated carbocycles. The van der Waals surface area contributed by atoms with Gasteiger partial charge in [-0.05, 0) is 25.0 Å². The fourth-order valence-electron chi connectivity index (χ4n) is 3.43. The molecular formula is C20H18F2N2O2S2. The molecule has 0 amide bonds. The molecule has 1 aromatic heterocycles. The zero-order valence-corrected chi connectivity index (χ0v) is 16.5. The first-order valence-corrected chi connectivity index (χ1v) is 11.3. The van der Waals surface area contributed by atoms with E-state index in [-0.39, 0.29) is 0 Å². The van der Waals surface area contributed by atoms with Crippen LogP contribution >= 0.6 is 11.3 Å². The van der Waals surface area contributed by atoms with E-state index in [0.29, 0.717) is 25.9 Å². The lowest BCUT2D eigenvalue weighted by molar-refractivity contribution is 0.497. The van der Waals surface area contributed by atoms with E-state index in [1.54, 1.807) is 0 Å². The third-order valence-electron chi connectivity index (χ3n) is 4.92. The van der Waals surface area contributed by atoms with Crippen molar-refractivity contribution in [3.8, 4) is 11.3 Å². The predicted octanol–water partition coefficient (Wildman–Crippen LogP) is 4.53. The third kappa shape index (κ3) is 3.54. The molecule has 0 spiro atoms.